The Morgan fingerprint density at radius 2 is 1.19 bits per heavy atom. The lowest BCUT2D eigenvalue weighted by Crippen LogP contribution is -2.18. The van der Waals surface area contributed by atoms with Gasteiger partial charge in [0.05, 0.1) is 22.3 Å². The zero-order valence-electron chi connectivity index (χ0n) is 19.3. The van der Waals surface area contributed by atoms with Crippen molar-refractivity contribution in [3.8, 4) is 5.75 Å². The fourth-order valence-corrected chi connectivity index (χ4v) is 3.06. The Kier molecular flexibility index (Phi) is 8.33. The molecule has 37 heavy (non-hydrogen) atoms. The molecule has 0 fully saturated rings. The van der Waals surface area contributed by atoms with E-state index < -0.39 is 21.7 Å². The SMILES string of the molecule is CCc1cc(C=NNC(=O)c2ccc([N+](=O)[O-])cc2)c(O)c(/C=N/NC(=O)c2ccc([N+](=O)[O-])cc2)c1. The van der Waals surface area contributed by atoms with Crippen LogP contribution in [0.2, 0.25) is 0 Å². The van der Waals surface area contributed by atoms with E-state index in [1.807, 2.05) is 6.92 Å². The van der Waals surface area contributed by atoms with E-state index in [1.54, 1.807) is 12.1 Å². The van der Waals surface area contributed by atoms with Crippen molar-refractivity contribution in [2.75, 3.05) is 0 Å². The van der Waals surface area contributed by atoms with Crippen LogP contribution in [0.3, 0.4) is 0 Å². The van der Waals surface area contributed by atoms with Crippen molar-refractivity contribution >= 4 is 35.6 Å². The lowest BCUT2D eigenvalue weighted by Gasteiger charge is -2.07. The number of nitro groups is 2. The van der Waals surface area contributed by atoms with Gasteiger partial charge in [-0.3, -0.25) is 29.8 Å². The van der Waals surface area contributed by atoms with Gasteiger partial charge in [0.15, 0.2) is 0 Å². The summed E-state index contributed by atoms with van der Waals surface area (Å²) >= 11 is 0. The minimum absolute atomic E-state index is 0.153. The summed E-state index contributed by atoms with van der Waals surface area (Å²) in [5.74, 6) is -1.42. The van der Waals surface area contributed by atoms with Crippen LogP contribution in [0.4, 0.5) is 11.4 Å². The molecule has 0 aromatic heterocycles. The number of carbonyl (C=O) groups is 2. The summed E-state index contributed by atoms with van der Waals surface area (Å²) < 4.78 is 0. The molecule has 0 aliphatic rings. The number of aryl methyl sites for hydroxylation is 1. The number of aromatic hydroxyl groups is 1. The number of hydrogen-bond donors (Lipinski definition) is 3. The number of rotatable bonds is 9. The predicted octanol–water partition coefficient (Wildman–Crippen LogP) is 3.30. The minimum atomic E-state index is -0.604. The smallest absolute Gasteiger partial charge is 0.271 e. The maximum Gasteiger partial charge on any atom is 0.271 e. The Labute approximate surface area is 209 Å². The van der Waals surface area contributed by atoms with Crippen molar-refractivity contribution in [2.24, 2.45) is 10.2 Å². The van der Waals surface area contributed by atoms with Gasteiger partial charge in [0.2, 0.25) is 0 Å². The summed E-state index contributed by atoms with van der Waals surface area (Å²) in [7, 11) is 0. The summed E-state index contributed by atoms with van der Waals surface area (Å²) in [4.78, 5) is 44.7. The molecule has 3 N–H and O–H groups in total. The fourth-order valence-electron chi connectivity index (χ4n) is 3.06. The number of nitro benzene ring substituents is 2. The van der Waals surface area contributed by atoms with Crippen molar-refractivity contribution < 1.29 is 24.5 Å². The van der Waals surface area contributed by atoms with Crippen LogP contribution < -0.4 is 10.9 Å². The van der Waals surface area contributed by atoms with Crippen LogP contribution >= 0.6 is 0 Å². The molecule has 188 valence electrons. The number of hydrogen-bond acceptors (Lipinski definition) is 9. The second kappa shape index (κ2) is 11.8. The number of carbonyl (C=O) groups excluding carboxylic acids is 2. The molecule has 3 aromatic carbocycles. The molecular formula is C24H20N6O7. The Morgan fingerprint density at radius 1 is 0.811 bits per heavy atom. The topological polar surface area (TPSA) is 189 Å². The molecule has 13 heteroatoms. The van der Waals surface area contributed by atoms with Gasteiger partial charge >= 0.3 is 0 Å². The quantitative estimate of drug-likeness (QED) is 0.226. The van der Waals surface area contributed by atoms with Gasteiger partial charge in [0.1, 0.15) is 5.75 Å². The number of hydrazone groups is 2. The van der Waals surface area contributed by atoms with Crippen LogP contribution in [0, 0.1) is 20.2 Å². The van der Waals surface area contributed by atoms with Crippen molar-refractivity contribution in [1.82, 2.24) is 10.9 Å². The first-order valence-electron chi connectivity index (χ1n) is 10.7. The normalized spacial score (nSPS) is 10.9. The maximum atomic E-state index is 12.2. The Morgan fingerprint density at radius 3 is 1.51 bits per heavy atom. The highest BCUT2D eigenvalue weighted by Gasteiger charge is 2.11. The van der Waals surface area contributed by atoms with E-state index in [2.05, 4.69) is 21.1 Å². The Hall–Kier alpha value is -5.46. The van der Waals surface area contributed by atoms with E-state index in [0.717, 1.165) is 5.56 Å². The van der Waals surface area contributed by atoms with Crippen molar-refractivity contribution in [3.05, 3.63) is 109 Å². The van der Waals surface area contributed by atoms with Gasteiger partial charge < -0.3 is 5.11 Å². The zero-order chi connectivity index (χ0) is 26.9. The van der Waals surface area contributed by atoms with E-state index in [1.165, 1.54) is 61.0 Å². The highest BCUT2D eigenvalue weighted by Crippen LogP contribution is 2.22. The third kappa shape index (κ3) is 6.79. The van der Waals surface area contributed by atoms with E-state index in [0.29, 0.717) is 6.42 Å². The number of nitrogens with one attached hydrogen (secondary N) is 2. The second-order valence-electron chi connectivity index (χ2n) is 7.48. The molecule has 0 aliphatic carbocycles. The number of amides is 2. The number of benzene rings is 3. The summed E-state index contributed by atoms with van der Waals surface area (Å²) in [6, 6.07) is 13.3. The van der Waals surface area contributed by atoms with Crippen LogP contribution in [0.25, 0.3) is 0 Å². The molecule has 0 atom stereocenters. The molecule has 2 amide bonds. The first-order valence-corrected chi connectivity index (χ1v) is 10.7. The summed E-state index contributed by atoms with van der Waals surface area (Å²) in [6.45, 7) is 1.89. The van der Waals surface area contributed by atoms with Crippen molar-refractivity contribution in [3.63, 3.8) is 0 Å². The molecule has 0 unspecified atom stereocenters. The molecule has 3 rings (SSSR count). The highest BCUT2D eigenvalue weighted by molar-refractivity contribution is 5.97. The molecule has 0 aliphatic heterocycles. The van der Waals surface area contributed by atoms with E-state index in [4.69, 9.17) is 0 Å². The van der Waals surface area contributed by atoms with Crippen molar-refractivity contribution in [2.45, 2.75) is 13.3 Å². The van der Waals surface area contributed by atoms with E-state index >= 15 is 0 Å². The maximum absolute atomic E-state index is 12.2. The lowest BCUT2D eigenvalue weighted by atomic mass is 10.0. The molecule has 0 bridgehead atoms. The van der Waals surface area contributed by atoms with Crippen LogP contribution in [-0.2, 0) is 6.42 Å². The van der Waals surface area contributed by atoms with Crippen LogP contribution in [0.15, 0.2) is 70.9 Å². The third-order valence-electron chi connectivity index (χ3n) is 5.06. The average Bonchev–Trinajstić information content (AvgIpc) is 2.90. The molecule has 13 nitrogen and oxygen atoms in total. The third-order valence-corrected chi connectivity index (χ3v) is 5.06. The highest BCUT2D eigenvalue weighted by atomic mass is 16.6. The fraction of sp³-hybridized carbons (Fsp3) is 0.0833. The zero-order valence-corrected chi connectivity index (χ0v) is 19.3. The van der Waals surface area contributed by atoms with Crippen LogP contribution in [0.5, 0.6) is 5.75 Å². The van der Waals surface area contributed by atoms with Gasteiger partial charge in [0.25, 0.3) is 23.2 Å². The molecule has 0 heterocycles. The van der Waals surface area contributed by atoms with E-state index in [9.17, 15) is 34.9 Å². The largest absolute Gasteiger partial charge is 0.507 e. The summed E-state index contributed by atoms with van der Waals surface area (Å²) in [5, 5.41) is 39.7. The summed E-state index contributed by atoms with van der Waals surface area (Å²) in [6.07, 6.45) is 3.06. The van der Waals surface area contributed by atoms with E-state index in [-0.39, 0.29) is 39.4 Å². The first-order chi connectivity index (χ1) is 17.7. The molecule has 0 spiro atoms. The first kappa shape index (κ1) is 26.2. The van der Waals surface area contributed by atoms with Crippen molar-refractivity contribution in [1.29, 1.82) is 0 Å². The van der Waals surface area contributed by atoms with Gasteiger partial charge in [-0.25, -0.2) is 10.9 Å². The van der Waals surface area contributed by atoms with Gasteiger partial charge in [0, 0.05) is 46.5 Å². The number of phenolic OH excluding ortho intramolecular Hbond substituents is 1. The number of non-ortho nitro benzene ring substituents is 2. The molecule has 3 aromatic rings. The van der Waals surface area contributed by atoms with Gasteiger partial charge in [-0.05, 0) is 48.4 Å². The lowest BCUT2D eigenvalue weighted by molar-refractivity contribution is -0.385. The van der Waals surface area contributed by atoms with Gasteiger partial charge in [-0.1, -0.05) is 6.92 Å². The average molecular weight is 504 g/mol. The second-order valence-corrected chi connectivity index (χ2v) is 7.48. The molecular weight excluding hydrogens is 484 g/mol. The Balaban J connectivity index is 1.70. The molecule has 0 saturated heterocycles. The summed E-state index contributed by atoms with van der Waals surface area (Å²) in [5.41, 5.74) is 5.93. The number of nitrogens with zero attached hydrogens (tertiary/aromatic N) is 4. The van der Waals surface area contributed by atoms with Crippen LogP contribution in [0.1, 0.15) is 44.3 Å². The Bertz CT molecular complexity index is 1300. The van der Waals surface area contributed by atoms with Gasteiger partial charge in [-0.15, -0.1) is 0 Å². The van der Waals surface area contributed by atoms with Gasteiger partial charge in [-0.2, -0.15) is 10.2 Å². The molecule has 0 radical (unpaired) electrons. The number of phenols is 1. The van der Waals surface area contributed by atoms with Crippen LogP contribution in [-0.4, -0.2) is 39.2 Å². The standard InChI is InChI=1S/C24H20N6O7/c1-2-15-11-18(13-25-27-23(32)16-3-7-20(8-4-16)29(34)35)22(31)19(12-15)14-26-28-24(33)17-5-9-21(10-6-17)30(36)37/h3-14,31H,2H2,1H3,(H,27,32)(H,28,33)/b25-13+,26-14?. The predicted molar refractivity (Wildman–Crippen MR) is 134 cm³/mol. The molecule has 0 saturated carbocycles. The minimum Gasteiger partial charge on any atom is -0.507 e. The monoisotopic (exact) mass is 504 g/mol.